The molecular formula is C22H31N5O. The fourth-order valence-electron chi connectivity index (χ4n) is 3.31. The lowest BCUT2D eigenvalue weighted by atomic mass is 9.99. The van der Waals surface area contributed by atoms with Gasteiger partial charge in [0.15, 0.2) is 0 Å². The minimum Gasteiger partial charge on any atom is -0.382 e. The molecule has 0 bridgehead atoms. The van der Waals surface area contributed by atoms with Crippen LogP contribution in [0.1, 0.15) is 30.1 Å². The molecule has 1 saturated heterocycles. The van der Waals surface area contributed by atoms with Crippen LogP contribution in [0.15, 0.2) is 42.7 Å². The molecular weight excluding hydrogens is 350 g/mol. The minimum absolute atomic E-state index is 0.150. The first-order chi connectivity index (χ1) is 13.5. The molecule has 2 aromatic rings. The van der Waals surface area contributed by atoms with E-state index in [1.165, 1.54) is 18.5 Å². The Balaban J connectivity index is 1.57. The molecule has 3 rings (SSSR count). The zero-order valence-corrected chi connectivity index (χ0v) is 17.1. The average Bonchev–Trinajstić information content (AvgIpc) is 2.69. The largest absolute Gasteiger partial charge is 0.382 e. The third-order valence-corrected chi connectivity index (χ3v) is 5.16. The molecule has 1 aliphatic rings. The predicted octanol–water partition coefficient (Wildman–Crippen LogP) is 3.54. The highest BCUT2D eigenvalue weighted by molar-refractivity contribution is 6.04. The first-order valence-electron chi connectivity index (χ1n) is 10.0. The second-order valence-corrected chi connectivity index (χ2v) is 7.86. The van der Waals surface area contributed by atoms with Crippen molar-refractivity contribution in [3.05, 3.63) is 48.3 Å². The third-order valence-electron chi connectivity index (χ3n) is 5.16. The van der Waals surface area contributed by atoms with Crippen LogP contribution >= 0.6 is 0 Å². The van der Waals surface area contributed by atoms with Crippen molar-refractivity contribution in [1.29, 1.82) is 0 Å². The number of carbonyl (C=O) groups is 1. The van der Waals surface area contributed by atoms with Gasteiger partial charge < -0.3 is 20.4 Å². The Morgan fingerprint density at radius 1 is 1.14 bits per heavy atom. The first-order valence-corrected chi connectivity index (χ1v) is 10.0. The zero-order valence-electron chi connectivity index (χ0n) is 17.1. The number of pyridine rings is 1. The molecule has 28 heavy (non-hydrogen) atoms. The van der Waals surface area contributed by atoms with Crippen molar-refractivity contribution in [1.82, 2.24) is 9.88 Å². The van der Waals surface area contributed by atoms with E-state index < -0.39 is 0 Å². The number of likely N-dealkylation sites (N-methyl/N-ethyl adjacent to an activating group) is 1. The summed E-state index contributed by atoms with van der Waals surface area (Å²) in [4.78, 5) is 21.3. The number of aromatic nitrogens is 1. The van der Waals surface area contributed by atoms with E-state index in [1.807, 2.05) is 32.3 Å². The van der Waals surface area contributed by atoms with E-state index in [2.05, 4.69) is 44.5 Å². The standard InChI is InChI=1S/C22H31N5O/c1-17-8-11-27(12-9-17)21-6-4-19(5-7-21)25-22(28)18-14-20(16-23-15-18)24-10-13-26(2)3/h4-7,14-17,24H,8-13H2,1-3H3,(H,25,28). The molecule has 1 fully saturated rings. The van der Waals surface area contributed by atoms with Crippen LogP contribution in [-0.2, 0) is 0 Å². The van der Waals surface area contributed by atoms with Gasteiger partial charge in [0.2, 0.25) is 0 Å². The predicted molar refractivity (Wildman–Crippen MR) is 116 cm³/mol. The Morgan fingerprint density at radius 2 is 1.86 bits per heavy atom. The van der Waals surface area contributed by atoms with Gasteiger partial charge in [-0.2, -0.15) is 0 Å². The zero-order chi connectivity index (χ0) is 19.9. The van der Waals surface area contributed by atoms with Gasteiger partial charge in [-0.15, -0.1) is 0 Å². The molecule has 0 unspecified atom stereocenters. The van der Waals surface area contributed by atoms with Crippen LogP contribution in [0, 0.1) is 5.92 Å². The maximum atomic E-state index is 12.6. The summed E-state index contributed by atoms with van der Waals surface area (Å²) >= 11 is 0. The minimum atomic E-state index is -0.150. The van der Waals surface area contributed by atoms with E-state index in [0.29, 0.717) is 5.56 Å². The third kappa shape index (κ3) is 5.70. The van der Waals surface area contributed by atoms with Crippen molar-refractivity contribution in [2.75, 3.05) is 55.8 Å². The molecule has 6 nitrogen and oxygen atoms in total. The molecule has 0 saturated carbocycles. The summed E-state index contributed by atoms with van der Waals surface area (Å²) in [6.45, 7) is 6.24. The highest BCUT2D eigenvalue weighted by Gasteiger charge is 2.16. The van der Waals surface area contributed by atoms with E-state index in [4.69, 9.17) is 0 Å². The number of hydrogen-bond acceptors (Lipinski definition) is 5. The maximum Gasteiger partial charge on any atom is 0.257 e. The second-order valence-electron chi connectivity index (χ2n) is 7.86. The molecule has 2 heterocycles. The average molecular weight is 382 g/mol. The van der Waals surface area contributed by atoms with Crippen molar-refractivity contribution in [2.45, 2.75) is 19.8 Å². The lowest BCUT2D eigenvalue weighted by Gasteiger charge is -2.32. The van der Waals surface area contributed by atoms with Gasteiger partial charge in [-0.1, -0.05) is 6.92 Å². The summed E-state index contributed by atoms with van der Waals surface area (Å²) in [5.74, 6) is 0.667. The number of anilines is 3. The molecule has 150 valence electrons. The number of amides is 1. The van der Waals surface area contributed by atoms with E-state index in [0.717, 1.165) is 43.5 Å². The van der Waals surface area contributed by atoms with Gasteiger partial charge in [-0.25, -0.2) is 0 Å². The molecule has 0 aliphatic carbocycles. The number of carbonyl (C=O) groups excluding carboxylic acids is 1. The Labute approximate surface area is 167 Å². The van der Waals surface area contributed by atoms with Gasteiger partial charge in [0.25, 0.3) is 5.91 Å². The Bertz CT molecular complexity index is 767. The smallest absolute Gasteiger partial charge is 0.257 e. The van der Waals surface area contributed by atoms with E-state index >= 15 is 0 Å². The Morgan fingerprint density at radius 3 is 2.54 bits per heavy atom. The Kier molecular flexibility index (Phi) is 6.87. The van der Waals surface area contributed by atoms with Crippen LogP contribution in [-0.4, -0.2) is 56.1 Å². The molecule has 0 atom stereocenters. The summed E-state index contributed by atoms with van der Waals surface area (Å²) in [6, 6.07) is 9.95. The highest BCUT2D eigenvalue weighted by atomic mass is 16.1. The topological polar surface area (TPSA) is 60.5 Å². The molecule has 2 N–H and O–H groups in total. The fourth-order valence-corrected chi connectivity index (χ4v) is 3.31. The second kappa shape index (κ2) is 9.55. The van der Waals surface area contributed by atoms with E-state index in [1.54, 1.807) is 12.4 Å². The van der Waals surface area contributed by atoms with Crippen molar-refractivity contribution in [3.8, 4) is 0 Å². The fraction of sp³-hybridized carbons (Fsp3) is 0.455. The van der Waals surface area contributed by atoms with Gasteiger partial charge in [0.1, 0.15) is 0 Å². The van der Waals surface area contributed by atoms with Crippen molar-refractivity contribution in [2.24, 2.45) is 5.92 Å². The van der Waals surface area contributed by atoms with Gasteiger partial charge in [-0.05, 0) is 63.2 Å². The summed E-state index contributed by atoms with van der Waals surface area (Å²) in [7, 11) is 4.06. The van der Waals surface area contributed by atoms with E-state index in [9.17, 15) is 4.79 Å². The molecule has 1 aromatic carbocycles. The Hall–Kier alpha value is -2.60. The summed E-state index contributed by atoms with van der Waals surface area (Å²) in [5.41, 5.74) is 3.41. The van der Waals surface area contributed by atoms with Crippen LogP contribution in [0.5, 0.6) is 0 Å². The van der Waals surface area contributed by atoms with Gasteiger partial charge in [-0.3, -0.25) is 9.78 Å². The lowest BCUT2D eigenvalue weighted by molar-refractivity contribution is 0.102. The normalized spacial score (nSPS) is 14.9. The number of rotatable bonds is 7. The number of hydrogen-bond donors (Lipinski definition) is 2. The molecule has 6 heteroatoms. The van der Waals surface area contributed by atoms with Crippen LogP contribution in [0.2, 0.25) is 0 Å². The first kappa shape index (κ1) is 20.1. The number of nitrogens with zero attached hydrogens (tertiary/aromatic N) is 3. The van der Waals surface area contributed by atoms with Crippen molar-refractivity contribution >= 4 is 23.0 Å². The summed E-state index contributed by atoms with van der Waals surface area (Å²) in [5, 5.41) is 6.26. The molecule has 0 spiro atoms. The molecule has 1 amide bonds. The quantitative estimate of drug-likeness (QED) is 0.768. The summed E-state index contributed by atoms with van der Waals surface area (Å²) in [6.07, 6.45) is 5.81. The number of benzene rings is 1. The van der Waals surface area contributed by atoms with Crippen LogP contribution in [0.25, 0.3) is 0 Å². The van der Waals surface area contributed by atoms with Crippen LogP contribution in [0.3, 0.4) is 0 Å². The van der Waals surface area contributed by atoms with Gasteiger partial charge >= 0.3 is 0 Å². The van der Waals surface area contributed by atoms with Crippen molar-refractivity contribution in [3.63, 3.8) is 0 Å². The van der Waals surface area contributed by atoms with Crippen molar-refractivity contribution < 1.29 is 4.79 Å². The van der Waals surface area contributed by atoms with Crippen LogP contribution in [0.4, 0.5) is 17.1 Å². The monoisotopic (exact) mass is 381 g/mol. The highest BCUT2D eigenvalue weighted by Crippen LogP contribution is 2.24. The maximum absolute atomic E-state index is 12.6. The molecule has 1 aliphatic heterocycles. The van der Waals surface area contributed by atoms with Gasteiger partial charge in [0, 0.05) is 49.9 Å². The number of nitrogens with one attached hydrogen (secondary N) is 2. The lowest BCUT2D eigenvalue weighted by Crippen LogP contribution is -2.32. The van der Waals surface area contributed by atoms with Gasteiger partial charge in [0.05, 0.1) is 11.3 Å². The molecule has 0 radical (unpaired) electrons. The number of piperidine rings is 1. The SMILES string of the molecule is CC1CCN(c2ccc(NC(=O)c3cncc(NCCN(C)C)c3)cc2)CC1. The van der Waals surface area contributed by atoms with E-state index in [-0.39, 0.29) is 5.91 Å². The summed E-state index contributed by atoms with van der Waals surface area (Å²) < 4.78 is 0. The molecule has 1 aromatic heterocycles. The van der Waals surface area contributed by atoms with Crippen LogP contribution < -0.4 is 15.5 Å².